The van der Waals surface area contributed by atoms with Gasteiger partial charge in [-0.1, -0.05) is 12.1 Å². The van der Waals surface area contributed by atoms with Crippen molar-refractivity contribution in [3.05, 3.63) is 52.3 Å². The summed E-state index contributed by atoms with van der Waals surface area (Å²) in [5.41, 5.74) is 8.56. The second-order valence-electron chi connectivity index (χ2n) is 5.76. The summed E-state index contributed by atoms with van der Waals surface area (Å²) in [6.45, 7) is 9.73. The fourth-order valence-corrected chi connectivity index (χ4v) is 2.45. The number of ether oxygens (including phenoxy) is 1. The maximum absolute atomic E-state index is 11.9. The Kier molecular flexibility index (Phi) is 5.21. The quantitative estimate of drug-likeness (QED) is 0.657. The van der Waals surface area contributed by atoms with Gasteiger partial charge >= 0.3 is 0 Å². The molecular formula is C18H23N3O2. The number of aromatic nitrogens is 1. The normalized spacial score (nSPS) is 11.4. The van der Waals surface area contributed by atoms with E-state index < -0.39 is 0 Å². The lowest BCUT2D eigenvalue weighted by Crippen LogP contribution is -2.26. The number of hydrogen-bond acceptors (Lipinski definition) is 3. The summed E-state index contributed by atoms with van der Waals surface area (Å²) in [4.78, 5) is 15.1. The number of rotatable bonds is 5. The molecule has 23 heavy (non-hydrogen) atoms. The van der Waals surface area contributed by atoms with Crippen LogP contribution in [-0.4, -0.2) is 23.2 Å². The summed E-state index contributed by atoms with van der Waals surface area (Å²) < 4.78 is 5.56. The Morgan fingerprint density at radius 3 is 2.61 bits per heavy atom. The molecule has 2 N–H and O–H groups in total. The first-order valence-corrected chi connectivity index (χ1v) is 7.56. The maximum Gasteiger partial charge on any atom is 0.277 e. The Balaban J connectivity index is 1.95. The lowest BCUT2D eigenvalue weighted by molar-refractivity contribution is -0.123. The van der Waals surface area contributed by atoms with Gasteiger partial charge in [-0.2, -0.15) is 5.10 Å². The van der Waals surface area contributed by atoms with Crippen molar-refractivity contribution in [2.24, 2.45) is 5.10 Å². The molecule has 0 saturated heterocycles. The van der Waals surface area contributed by atoms with Gasteiger partial charge in [0.15, 0.2) is 6.61 Å². The maximum atomic E-state index is 11.9. The molecule has 1 aromatic carbocycles. The highest BCUT2D eigenvalue weighted by atomic mass is 16.5. The lowest BCUT2D eigenvalue weighted by atomic mass is 10.1. The Bertz CT molecular complexity index is 725. The van der Waals surface area contributed by atoms with Crippen molar-refractivity contribution in [2.45, 2.75) is 34.6 Å². The monoisotopic (exact) mass is 313 g/mol. The van der Waals surface area contributed by atoms with Gasteiger partial charge < -0.3 is 9.72 Å². The van der Waals surface area contributed by atoms with E-state index in [2.05, 4.69) is 15.5 Å². The highest BCUT2D eigenvalue weighted by Gasteiger charge is 2.09. The number of carbonyl (C=O) groups is 1. The third-order valence-corrected chi connectivity index (χ3v) is 3.69. The summed E-state index contributed by atoms with van der Waals surface area (Å²) in [5.74, 6) is 0.439. The number of hydrogen-bond donors (Lipinski definition) is 2. The second kappa shape index (κ2) is 7.13. The number of carbonyl (C=O) groups excluding carboxylic acids is 1. The van der Waals surface area contributed by atoms with Crippen molar-refractivity contribution in [3.8, 4) is 5.75 Å². The van der Waals surface area contributed by atoms with Crippen molar-refractivity contribution in [1.29, 1.82) is 0 Å². The predicted molar refractivity (Wildman–Crippen MR) is 92.0 cm³/mol. The number of nitrogens with one attached hydrogen (secondary N) is 2. The van der Waals surface area contributed by atoms with E-state index in [1.165, 1.54) is 0 Å². The summed E-state index contributed by atoms with van der Waals surface area (Å²) in [6.07, 6.45) is 1.93. The molecule has 1 aromatic heterocycles. The molecule has 2 rings (SSSR count). The van der Waals surface area contributed by atoms with Crippen LogP contribution in [0.25, 0.3) is 0 Å². The van der Waals surface area contributed by atoms with Crippen LogP contribution in [0.4, 0.5) is 0 Å². The zero-order valence-electron chi connectivity index (χ0n) is 14.3. The van der Waals surface area contributed by atoms with Crippen molar-refractivity contribution in [2.75, 3.05) is 6.61 Å². The minimum atomic E-state index is -0.281. The summed E-state index contributed by atoms with van der Waals surface area (Å²) >= 11 is 0. The van der Waals surface area contributed by atoms with Crippen LogP contribution in [-0.2, 0) is 4.79 Å². The molecule has 0 fully saturated rings. The fraction of sp³-hybridized carbons (Fsp3) is 0.333. The van der Waals surface area contributed by atoms with Crippen LogP contribution in [0.3, 0.4) is 0 Å². The second-order valence-corrected chi connectivity index (χ2v) is 5.76. The van der Waals surface area contributed by atoms with E-state index in [0.29, 0.717) is 0 Å². The number of amides is 1. The smallest absolute Gasteiger partial charge is 0.277 e. The average molecular weight is 313 g/mol. The minimum absolute atomic E-state index is 0.0633. The summed E-state index contributed by atoms with van der Waals surface area (Å²) in [6, 6.07) is 5.91. The van der Waals surface area contributed by atoms with Crippen molar-refractivity contribution in [1.82, 2.24) is 10.4 Å². The molecule has 122 valence electrons. The van der Waals surface area contributed by atoms with E-state index in [4.69, 9.17) is 4.74 Å². The van der Waals surface area contributed by atoms with Gasteiger partial charge in [0.25, 0.3) is 5.91 Å². The first-order valence-electron chi connectivity index (χ1n) is 7.56. The number of nitrogens with zero attached hydrogens (tertiary/aromatic N) is 1. The molecular weight excluding hydrogens is 290 g/mol. The van der Waals surface area contributed by atoms with Crippen LogP contribution in [0.2, 0.25) is 0 Å². The number of aromatic amines is 1. The SMILES string of the molecule is C/C(=N\NC(=O)COc1cc(C)ccc1C)c1c(C)c[nH]c1C. The van der Waals surface area contributed by atoms with Crippen LogP contribution in [0.5, 0.6) is 5.75 Å². The Morgan fingerprint density at radius 2 is 1.96 bits per heavy atom. The molecule has 1 heterocycles. The van der Waals surface area contributed by atoms with Crippen molar-refractivity contribution >= 4 is 11.6 Å². The van der Waals surface area contributed by atoms with E-state index in [0.717, 1.165) is 39.4 Å². The third-order valence-electron chi connectivity index (χ3n) is 3.69. The molecule has 0 radical (unpaired) electrons. The van der Waals surface area contributed by atoms with E-state index in [-0.39, 0.29) is 12.5 Å². The standard InChI is InChI=1S/C18H23N3O2/c1-11-6-7-12(2)16(8-11)23-10-17(22)21-20-15(5)18-13(3)9-19-14(18)4/h6-9,19H,10H2,1-5H3,(H,21,22)/b20-15+. The zero-order chi connectivity index (χ0) is 17.0. The largest absolute Gasteiger partial charge is 0.483 e. The average Bonchev–Trinajstić information content (AvgIpc) is 2.85. The molecule has 2 aromatic rings. The fourth-order valence-electron chi connectivity index (χ4n) is 2.45. The van der Waals surface area contributed by atoms with Crippen molar-refractivity contribution < 1.29 is 9.53 Å². The first kappa shape index (κ1) is 16.8. The van der Waals surface area contributed by atoms with Crippen molar-refractivity contribution in [3.63, 3.8) is 0 Å². The minimum Gasteiger partial charge on any atom is -0.483 e. The van der Waals surface area contributed by atoms with Crippen LogP contribution in [0.15, 0.2) is 29.5 Å². The Morgan fingerprint density at radius 1 is 1.22 bits per heavy atom. The highest BCUT2D eigenvalue weighted by Crippen LogP contribution is 2.18. The van der Waals surface area contributed by atoms with Crippen LogP contribution in [0.1, 0.15) is 34.9 Å². The van der Waals surface area contributed by atoms with Crippen LogP contribution >= 0.6 is 0 Å². The summed E-state index contributed by atoms with van der Waals surface area (Å²) in [5, 5.41) is 4.16. The molecule has 0 aliphatic rings. The van der Waals surface area contributed by atoms with E-state index in [9.17, 15) is 4.79 Å². The molecule has 0 spiro atoms. The van der Waals surface area contributed by atoms with Gasteiger partial charge in [0, 0.05) is 17.5 Å². The van der Waals surface area contributed by atoms with E-state index in [1.807, 2.05) is 59.0 Å². The van der Waals surface area contributed by atoms with Gasteiger partial charge in [-0.25, -0.2) is 5.43 Å². The van der Waals surface area contributed by atoms with Gasteiger partial charge in [-0.05, 0) is 57.4 Å². The number of H-pyrrole nitrogens is 1. The lowest BCUT2D eigenvalue weighted by Gasteiger charge is -2.09. The molecule has 0 aliphatic heterocycles. The Labute approximate surface area is 136 Å². The van der Waals surface area contributed by atoms with Gasteiger partial charge in [-0.3, -0.25) is 4.79 Å². The van der Waals surface area contributed by atoms with Crippen LogP contribution < -0.4 is 10.2 Å². The molecule has 0 saturated carbocycles. The van der Waals surface area contributed by atoms with Gasteiger partial charge in [0.1, 0.15) is 5.75 Å². The molecule has 0 unspecified atom stereocenters. The number of benzene rings is 1. The van der Waals surface area contributed by atoms with Gasteiger partial charge in [-0.15, -0.1) is 0 Å². The molecule has 1 amide bonds. The predicted octanol–water partition coefficient (Wildman–Crippen LogP) is 3.17. The summed E-state index contributed by atoms with van der Waals surface area (Å²) in [7, 11) is 0. The topological polar surface area (TPSA) is 66.5 Å². The van der Waals surface area contributed by atoms with Crippen LogP contribution in [0, 0.1) is 27.7 Å². The molecule has 5 heteroatoms. The third kappa shape index (κ3) is 4.22. The molecule has 0 aliphatic carbocycles. The first-order chi connectivity index (χ1) is 10.9. The molecule has 5 nitrogen and oxygen atoms in total. The highest BCUT2D eigenvalue weighted by molar-refractivity contribution is 6.01. The van der Waals surface area contributed by atoms with E-state index in [1.54, 1.807) is 0 Å². The molecule has 0 bridgehead atoms. The number of hydrazone groups is 1. The van der Waals surface area contributed by atoms with Gasteiger partial charge in [0.05, 0.1) is 5.71 Å². The van der Waals surface area contributed by atoms with Gasteiger partial charge in [0.2, 0.25) is 0 Å². The Hall–Kier alpha value is -2.56. The van der Waals surface area contributed by atoms with E-state index >= 15 is 0 Å². The molecule has 0 atom stereocenters. The number of aryl methyl sites for hydroxylation is 4. The zero-order valence-corrected chi connectivity index (χ0v) is 14.3.